The van der Waals surface area contributed by atoms with E-state index in [2.05, 4.69) is 10.9 Å². The minimum atomic E-state index is -1.06. The van der Waals surface area contributed by atoms with Gasteiger partial charge in [-0.1, -0.05) is 0 Å². The highest BCUT2D eigenvalue weighted by molar-refractivity contribution is 5.78. The molecule has 0 rings (SSSR count). The summed E-state index contributed by atoms with van der Waals surface area (Å²) in [6.45, 7) is -0.340. The van der Waals surface area contributed by atoms with Gasteiger partial charge in [-0.05, 0) is 0 Å². The molecule has 12 heavy (non-hydrogen) atoms. The lowest BCUT2D eigenvalue weighted by molar-refractivity contribution is -0.136. The molecular formula is C6H10N2O4. The summed E-state index contributed by atoms with van der Waals surface area (Å²) < 4.78 is 0. The van der Waals surface area contributed by atoms with E-state index in [1.54, 1.807) is 0 Å². The molecule has 0 spiro atoms. The largest absolute Gasteiger partial charge is 0.480 e. The summed E-state index contributed by atoms with van der Waals surface area (Å²) >= 11 is 0. The lowest BCUT2D eigenvalue weighted by Gasteiger charge is -2.02. The molecule has 0 unspecified atom stereocenters. The number of carbonyl (C=O) groups excluding carboxylic acids is 2. The highest BCUT2D eigenvalue weighted by Gasteiger charge is 2.00. The number of rotatable bonds is 6. The fraction of sp³-hybridized carbons (Fsp3) is 0.500. The van der Waals surface area contributed by atoms with Crippen molar-refractivity contribution in [3.8, 4) is 0 Å². The molecule has 6 heteroatoms. The number of nitrogens with one attached hydrogen (secondary N) is 2. The lowest BCUT2D eigenvalue weighted by Crippen LogP contribution is -2.40. The molecule has 0 aliphatic heterocycles. The first kappa shape index (κ1) is 10.6. The average Bonchev–Trinajstić information content (AvgIpc) is 2.00. The maximum atomic E-state index is 10.7. The number of carboxylic acid groups (broad SMARTS) is 1. The van der Waals surface area contributed by atoms with Gasteiger partial charge in [-0.25, -0.2) is 5.43 Å². The number of hydrogen-bond acceptors (Lipinski definition) is 4. The SMILES string of the molecule is O=CCCC(=O)NNCC(=O)O. The second-order valence-electron chi connectivity index (χ2n) is 2.00. The van der Waals surface area contributed by atoms with Crippen molar-refractivity contribution in [2.75, 3.05) is 6.54 Å². The third kappa shape index (κ3) is 6.69. The third-order valence-corrected chi connectivity index (χ3v) is 0.957. The summed E-state index contributed by atoms with van der Waals surface area (Å²) in [6, 6.07) is 0. The maximum absolute atomic E-state index is 10.7. The molecule has 0 radical (unpaired) electrons. The Bertz CT molecular complexity index is 180. The topological polar surface area (TPSA) is 95.5 Å². The zero-order chi connectivity index (χ0) is 9.40. The highest BCUT2D eigenvalue weighted by Crippen LogP contribution is 1.81. The van der Waals surface area contributed by atoms with E-state index >= 15 is 0 Å². The molecule has 0 aromatic heterocycles. The van der Waals surface area contributed by atoms with Crippen molar-refractivity contribution >= 4 is 18.2 Å². The van der Waals surface area contributed by atoms with Gasteiger partial charge in [0, 0.05) is 12.8 Å². The van der Waals surface area contributed by atoms with Crippen LogP contribution in [-0.4, -0.2) is 29.8 Å². The molecule has 0 saturated heterocycles. The minimum Gasteiger partial charge on any atom is -0.480 e. The monoisotopic (exact) mass is 174 g/mol. The van der Waals surface area contributed by atoms with Crippen molar-refractivity contribution in [3.63, 3.8) is 0 Å². The van der Waals surface area contributed by atoms with Crippen molar-refractivity contribution in [2.45, 2.75) is 12.8 Å². The van der Waals surface area contributed by atoms with E-state index in [0.717, 1.165) is 0 Å². The van der Waals surface area contributed by atoms with Crippen LogP contribution < -0.4 is 10.9 Å². The van der Waals surface area contributed by atoms with Crippen LogP contribution in [0.1, 0.15) is 12.8 Å². The number of hydrazine groups is 1. The van der Waals surface area contributed by atoms with Gasteiger partial charge in [0.2, 0.25) is 5.91 Å². The smallest absolute Gasteiger partial charge is 0.319 e. The molecule has 0 aromatic carbocycles. The molecule has 0 bridgehead atoms. The van der Waals surface area contributed by atoms with Gasteiger partial charge in [-0.2, -0.15) is 0 Å². The number of carboxylic acids is 1. The van der Waals surface area contributed by atoms with Crippen LogP contribution in [0.5, 0.6) is 0 Å². The van der Waals surface area contributed by atoms with Crippen LogP contribution in [-0.2, 0) is 14.4 Å². The number of aldehydes is 1. The average molecular weight is 174 g/mol. The van der Waals surface area contributed by atoms with Crippen molar-refractivity contribution < 1.29 is 19.5 Å². The molecule has 68 valence electrons. The Morgan fingerprint density at radius 3 is 2.58 bits per heavy atom. The molecule has 0 atom stereocenters. The summed E-state index contributed by atoms with van der Waals surface area (Å²) in [5.74, 6) is -1.46. The molecule has 3 N–H and O–H groups in total. The van der Waals surface area contributed by atoms with E-state index in [-0.39, 0.29) is 19.4 Å². The quantitative estimate of drug-likeness (QED) is 0.342. The van der Waals surface area contributed by atoms with Gasteiger partial charge in [0.15, 0.2) is 0 Å². The predicted molar refractivity (Wildman–Crippen MR) is 39.1 cm³/mol. The second-order valence-corrected chi connectivity index (χ2v) is 2.00. The molecule has 0 saturated carbocycles. The van der Waals surface area contributed by atoms with Crippen LogP contribution in [0.3, 0.4) is 0 Å². The lowest BCUT2D eigenvalue weighted by atomic mass is 10.3. The maximum Gasteiger partial charge on any atom is 0.319 e. The molecule has 6 nitrogen and oxygen atoms in total. The first-order chi connectivity index (χ1) is 5.66. The summed E-state index contributed by atoms with van der Waals surface area (Å²) in [6.07, 6.45) is 0.827. The predicted octanol–water partition coefficient (Wildman–Crippen LogP) is -1.33. The number of aliphatic carboxylic acids is 1. The molecular weight excluding hydrogens is 164 g/mol. The molecule has 0 heterocycles. The second kappa shape index (κ2) is 6.29. The fourth-order valence-electron chi connectivity index (χ4n) is 0.471. The summed E-state index contributed by atoms with van der Waals surface area (Å²) in [7, 11) is 0. The van der Waals surface area contributed by atoms with E-state index in [4.69, 9.17) is 5.11 Å². The molecule has 0 aliphatic carbocycles. The van der Waals surface area contributed by atoms with Crippen LogP contribution >= 0.6 is 0 Å². The van der Waals surface area contributed by atoms with E-state index in [9.17, 15) is 14.4 Å². The third-order valence-electron chi connectivity index (χ3n) is 0.957. The van der Waals surface area contributed by atoms with Crippen molar-refractivity contribution in [1.29, 1.82) is 0 Å². The highest BCUT2D eigenvalue weighted by atomic mass is 16.4. The Balaban J connectivity index is 3.31. The van der Waals surface area contributed by atoms with E-state index in [0.29, 0.717) is 6.29 Å². The number of amides is 1. The fourth-order valence-corrected chi connectivity index (χ4v) is 0.471. The van der Waals surface area contributed by atoms with Crippen molar-refractivity contribution in [2.24, 2.45) is 0 Å². The molecule has 1 amide bonds. The van der Waals surface area contributed by atoms with Gasteiger partial charge in [-0.15, -0.1) is 0 Å². The van der Waals surface area contributed by atoms with Gasteiger partial charge >= 0.3 is 5.97 Å². The summed E-state index contributed by atoms with van der Waals surface area (Å²) in [5, 5.41) is 8.13. The Kier molecular flexibility index (Phi) is 5.54. The number of hydrogen-bond donors (Lipinski definition) is 3. The number of carbonyl (C=O) groups is 3. The van der Waals surface area contributed by atoms with Crippen LogP contribution in [0.25, 0.3) is 0 Å². The standard InChI is InChI=1S/C6H10N2O4/c9-3-1-2-5(10)8-7-4-6(11)12/h3,7H,1-2,4H2,(H,8,10)(H,11,12). The van der Waals surface area contributed by atoms with E-state index in [1.165, 1.54) is 0 Å². The zero-order valence-electron chi connectivity index (χ0n) is 6.37. The molecule has 0 aromatic rings. The summed E-state index contributed by atoms with van der Waals surface area (Å²) in [5.41, 5.74) is 4.30. The van der Waals surface area contributed by atoms with Crippen molar-refractivity contribution in [1.82, 2.24) is 10.9 Å². The van der Waals surface area contributed by atoms with Crippen LogP contribution in [0, 0.1) is 0 Å². The van der Waals surface area contributed by atoms with Crippen molar-refractivity contribution in [3.05, 3.63) is 0 Å². The van der Waals surface area contributed by atoms with E-state index in [1.807, 2.05) is 0 Å². The van der Waals surface area contributed by atoms with Crippen LogP contribution in [0.2, 0.25) is 0 Å². The van der Waals surface area contributed by atoms with Gasteiger partial charge in [0.05, 0.1) is 0 Å². The van der Waals surface area contributed by atoms with Gasteiger partial charge in [0.1, 0.15) is 12.8 Å². The Hall–Kier alpha value is -1.43. The summed E-state index contributed by atoms with van der Waals surface area (Å²) in [4.78, 5) is 30.4. The van der Waals surface area contributed by atoms with Crippen LogP contribution in [0.4, 0.5) is 0 Å². The Morgan fingerprint density at radius 2 is 2.08 bits per heavy atom. The van der Waals surface area contributed by atoms with Crippen LogP contribution in [0.15, 0.2) is 0 Å². The molecule has 0 fully saturated rings. The molecule has 0 aliphatic rings. The Labute approximate surface area is 68.9 Å². The minimum absolute atomic E-state index is 0.0656. The zero-order valence-corrected chi connectivity index (χ0v) is 6.37. The van der Waals surface area contributed by atoms with Gasteiger partial charge < -0.3 is 9.90 Å². The van der Waals surface area contributed by atoms with E-state index < -0.39 is 11.9 Å². The van der Waals surface area contributed by atoms with Gasteiger partial charge in [0.25, 0.3) is 0 Å². The first-order valence-corrected chi connectivity index (χ1v) is 3.34. The first-order valence-electron chi connectivity index (χ1n) is 3.34. The van der Waals surface area contributed by atoms with Gasteiger partial charge in [-0.3, -0.25) is 15.0 Å². The Morgan fingerprint density at radius 1 is 1.42 bits per heavy atom. The normalized spacial score (nSPS) is 9.00.